The molecule has 0 atom stereocenters. The molecule has 0 heterocycles. The Bertz CT molecular complexity index is 398. The van der Waals surface area contributed by atoms with Crippen molar-refractivity contribution in [3.63, 3.8) is 0 Å². The summed E-state index contributed by atoms with van der Waals surface area (Å²) in [6.45, 7) is 4.03. The Kier molecular flexibility index (Phi) is 3.80. The van der Waals surface area contributed by atoms with Crippen molar-refractivity contribution in [1.29, 1.82) is 0 Å². The predicted octanol–water partition coefficient (Wildman–Crippen LogP) is 3.57. The number of benzene rings is 1. The van der Waals surface area contributed by atoms with E-state index in [0.29, 0.717) is 0 Å². The predicted molar refractivity (Wildman–Crippen MR) is 61.6 cm³/mol. The second kappa shape index (κ2) is 5.10. The molecular formula is C12H13NO2. The van der Waals surface area contributed by atoms with Crippen LogP contribution in [0.4, 0.5) is 5.69 Å². The fraction of sp³-hybridized carbons (Fsp3) is 0.167. The number of hydrogen-bond donors (Lipinski definition) is 0. The van der Waals surface area contributed by atoms with Gasteiger partial charge in [-0.2, -0.15) is 0 Å². The Morgan fingerprint density at radius 2 is 1.87 bits per heavy atom. The monoisotopic (exact) mass is 203 g/mol. The standard InChI is InChI=1S/C12H13NO2/c1-10(2)4-3-5-11-6-8-12(9-7-11)13(14)15/h3-9H,1-2H3/b5-3-. The summed E-state index contributed by atoms with van der Waals surface area (Å²) in [5.74, 6) is 0. The van der Waals surface area contributed by atoms with E-state index >= 15 is 0 Å². The van der Waals surface area contributed by atoms with Gasteiger partial charge in [-0.15, -0.1) is 0 Å². The summed E-state index contributed by atoms with van der Waals surface area (Å²) in [5, 5.41) is 10.4. The van der Waals surface area contributed by atoms with Crippen molar-refractivity contribution in [2.75, 3.05) is 0 Å². The molecule has 0 fully saturated rings. The van der Waals surface area contributed by atoms with E-state index in [4.69, 9.17) is 0 Å². The van der Waals surface area contributed by atoms with E-state index in [1.165, 1.54) is 17.7 Å². The third kappa shape index (κ3) is 3.77. The van der Waals surface area contributed by atoms with E-state index in [9.17, 15) is 10.1 Å². The first-order chi connectivity index (χ1) is 7.09. The van der Waals surface area contributed by atoms with Crippen LogP contribution in [-0.2, 0) is 0 Å². The van der Waals surface area contributed by atoms with Crippen LogP contribution in [0.1, 0.15) is 19.4 Å². The van der Waals surface area contributed by atoms with Gasteiger partial charge in [0.2, 0.25) is 0 Å². The van der Waals surface area contributed by atoms with Crippen molar-refractivity contribution in [2.45, 2.75) is 13.8 Å². The highest BCUT2D eigenvalue weighted by molar-refractivity contribution is 5.53. The summed E-state index contributed by atoms with van der Waals surface area (Å²) in [4.78, 5) is 9.99. The summed E-state index contributed by atoms with van der Waals surface area (Å²) < 4.78 is 0. The molecule has 3 nitrogen and oxygen atoms in total. The van der Waals surface area contributed by atoms with Crippen LogP contribution in [0, 0.1) is 10.1 Å². The molecule has 1 aromatic rings. The van der Waals surface area contributed by atoms with Gasteiger partial charge in [0.25, 0.3) is 5.69 Å². The molecule has 0 radical (unpaired) electrons. The molecular weight excluding hydrogens is 190 g/mol. The maximum Gasteiger partial charge on any atom is 0.269 e. The van der Waals surface area contributed by atoms with Crippen molar-refractivity contribution in [3.05, 3.63) is 57.7 Å². The molecule has 1 aromatic carbocycles. The topological polar surface area (TPSA) is 43.1 Å². The van der Waals surface area contributed by atoms with Crippen molar-refractivity contribution < 1.29 is 4.92 Å². The summed E-state index contributed by atoms with van der Waals surface area (Å²) in [7, 11) is 0. The number of hydrogen-bond acceptors (Lipinski definition) is 2. The maximum atomic E-state index is 10.4. The van der Waals surface area contributed by atoms with Gasteiger partial charge in [-0.1, -0.05) is 23.8 Å². The molecule has 15 heavy (non-hydrogen) atoms. The number of rotatable bonds is 3. The average Bonchev–Trinajstić information content (AvgIpc) is 2.18. The third-order valence-corrected chi connectivity index (χ3v) is 1.82. The quantitative estimate of drug-likeness (QED) is 0.428. The van der Waals surface area contributed by atoms with Crippen molar-refractivity contribution >= 4 is 11.8 Å². The molecule has 0 aliphatic heterocycles. The molecule has 1 rings (SSSR count). The van der Waals surface area contributed by atoms with Crippen LogP contribution in [0.15, 0.2) is 42.0 Å². The van der Waals surface area contributed by atoms with E-state index < -0.39 is 4.92 Å². The lowest BCUT2D eigenvalue weighted by molar-refractivity contribution is -0.384. The van der Waals surface area contributed by atoms with Crippen LogP contribution >= 0.6 is 0 Å². The third-order valence-electron chi connectivity index (χ3n) is 1.82. The van der Waals surface area contributed by atoms with Gasteiger partial charge >= 0.3 is 0 Å². The van der Waals surface area contributed by atoms with Crippen LogP contribution in [0.2, 0.25) is 0 Å². The van der Waals surface area contributed by atoms with Gasteiger partial charge in [0, 0.05) is 12.1 Å². The molecule has 0 saturated carbocycles. The number of nitrogens with zero attached hydrogens (tertiary/aromatic N) is 1. The van der Waals surface area contributed by atoms with Crippen LogP contribution in [0.5, 0.6) is 0 Å². The molecule has 0 N–H and O–H groups in total. The SMILES string of the molecule is CC(C)=C/C=C\c1ccc([N+](=O)[O-])cc1. The normalized spacial score (nSPS) is 10.3. The zero-order valence-corrected chi connectivity index (χ0v) is 8.81. The number of allylic oxidation sites excluding steroid dienone is 3. The second-order valence-corrected chi connectivity index (χ2v) is 3.45. The largest absolute Gasteiger partial charge is 0.269 e. The highest BCUT2D eigenvalue weighted by Crippen LogP contribution is 2.12. The molecule has 0 aliphatic carbocycles. The van der Waals surface area contributed by atoms with Gasteiger partial charge in [0.05, 0.1) is 4.92 Å². The van der Waals surface area contributed by atoms with Gasteiger partial charge in [-0.3, -0.25) is 10.1 Å². The minimum Gasteiger partial charge on any atom is -0.258 e. The van der Waals surface area contributed by atoms with Crippen LogP contribution in [-0.4, -0.2) is 4.92 Å². The fourth-order valence-corrected chi connectivity index (χ4v) is 1.06. The first-order valence-corrected chi connectivity index (χ1v) is 4.65. The van der Waals surface area contributed by atoms with Crippen molar-refractivity contribution in [2.24, 2.45) is 0 Å². The van der Waals surface area contributed by atoms with Gasteiger partial charge in [0.15, 0.2) is 0 Å². The minimum atomic E-state index is -0.399. The average molecular weight is 203 g/mol. The highest BCUT2D eigenvalue weighted by atomic mass is 16.6. The Labute approximate surface area is 88.9 Å². The highest BCUT2D eigenvalue weighted by Gasteiger charge is 2.01. The van der Waals surface area contributed by atoms with Gasteiger partial charge in [0.1, 0.15) is 0 Å². The van der Waals surface area contributed by atoms with E-state index in [2.05, 4.69) is 0 Å². The Morgan fingerprint density at radius 3 is 2.33 bits per heavy atom. The smallest absolute Gasteiger partial charge is 0.258 e. The molecule has 0 bridgehead atoms. The molecule has 3 heteroatoms. The zero-order chi connectivity index (χ0) is 11.3. The van der Waals surface area contributed by atoms with Gasteiger partial charge in [-0.25, -0.2) is 0 Å². The number of non-ortho nitro benzene ring substituents is 1. The molecule has 0 amide bonds. The number of nitro benzene ring substituents is 1. The summed E-state index contributed by atoms with van der Waals surface area (Å²) >= 11 is 0. The number of nitro groups is 1. The molecule has 0 spiro atoms. The first kappa shape index (κ1) is 11.2. The first-order valence-electron chi connectivity index (χ1n) is 4.65. The van der Waals surface area contributed by atoms with Crippen LogP contribution in [0.25, 0.3) is 6.08 Å². The van der Waals surface area contributed by atoms with E-state index in [-0.39, 0.29) is 5.69 Å². The lowest BCUT2D eigenvalue weighted by atomic mass is 10.2. The van der Waals surface area contributed by atoms with Gasteiger partial charge in [-0.05, 0) is 31.5 Å². The summed E-state index contributed by atoms with van der Waals surface area (Å²) in [6.07, 6.45) is 5.83. The Hall–Kier alpha value is -1.90. The summed E-state index contributed by atoms with van der Waals surface area (Å²) in [5.41, 5.74) is 2.29. The lowest BCUT2D eigenvalue weighted by Crippen LogP contribution is -1.86. The Balaban J connectivity index is 2.77. The molecule has 0 saturated heterocycles. The maximum absolute atomic E-state index is 10.4. The fourth-order valence-electron chi connectivity index (χ4n) is 1.06. The molecule has 0 aromatic heterocycles. The van der Waals surface area contributed by atoms with Crippen LogP contribution < -0.4 is 0 Å². The van der Waals surface area contributed by atoms with E-state index in [1.807, 2.05) is 32.1 Å². The van der Waals surface area contributed by atoms with Gasteiger partial charge < -0.3 is 0 Å². The molecule has 78 valence electrons. The Morgan fingerprint density at radius 1 is 1.27 bits per heavy atom. The van der Waals surface area contributed by atoms with E-state index in [1.54, 1.807) is 12.1 Å². The molecule has 0 aliphatic rings. The van der Waals surface area contributed by atoms with Crippen molar-refractivity contribution in [3.8, 4) is 0 Å². The van der Waals surface area contributed by atoms with Crippen LogP contribution in [0.3, 0.4) is 0 Å². The van der Waals surface area contributed by atoms with Crippen molar-refractivity contribution in [1.82, 2.24) is 0 Å². The minimum absolute atomic E-state index is 0.120. The lowest BCUT2D eigenvalue weighted by Gasteiger charge is -1.92. The molecule has 0 unspecified atom stereocenters. The van der Waals surface area contributed by atoms with E-state index in [0.717, 1.165) is 5.56 Å². The zero-order valence-electron chi connectivity index (χ0n) is 8.81. The summed E-state index contributed by atoms with van der Waals surface area (Å²) in [6, 6.07) is 6.46. The second-order valence-electron chi connectivity index (χ2n) is 3.45.